The first kappa shape index (κ1) is 15.2. The summed E-state index contributed by atoms with van der Waals surface area (Å²) >= 11 is 0. The lowest BCUT2D eigenvalue weighted by molar-refractivity contribution is 0.0974. The van der Waals surface area contributed by atoms with Gasteiger partial charge in [0.15, 0.2) is 0 Å². The number of likely N-dealkylation sites (tertiary alicyclic amines) is 1. The molecule has 1 fully saturated rings. The maximum absolute atomic E-state index is 9.98. The van der Waals surface area contributed by atoms with Crippen LogP contribution in [0.4, 0.5) is 0 Å². The van der Waals surface area contributed by atoms with Crippen molar-refractivity contribution in [2.45, 2.75) is 31.7 Å². The molecule has 1 aliphatic heterocycles. The van der Waals surface area contributed by atoms with Crippen LogP contribution < -0.4 is 0 Å². The molecule has 3 nitrogen and oxygen atoms in total. The van der Waals surface area contributed by atoms with E-state index in [4.69, 9.17) is 0 Å². The molecular formula is C19H24N2O. The second-order valence-electron chi connectivity index (χ2n) is 6.39. The van der Waals surface area contributed by atoms with E-state index < -0.39 is 0 Å². The van der Waals surface area contributed by atoms with Gasteiger partial charge < -0.3 is 5.11 Å². The molecule has 1 aromatic carbocycles. The van der Waals surface area contributed by atoms with Crippen molar-refractivity contribution in [1.82, 2.24) is 9.88 Å². The topological polar surface area (TPSA) is 36.4 Å². The minimum atomic E-state index is -0.0636. The van der Waals surface area contributed by atoms with E-state index in [0.29, 0.717) is 0 Å². The Kier molecular flexibility index (Phi) is 4.55. The summed E-state index contributed by atoms with van der Waals surface area (Å²) in [5.41, 5.74) is 3.61. The van der Waals surface area contributed by atoms with E-state index in [1.165, 1.54) is 11.1 Å². The summed E-state index contributed by atoms with van der Waals surface area (Å²) in [6.07, 6.45) is 3.91. The summed E-state index contributed by atoms with van der Waals surface area (Å²) in [4.78, 5) is 6.74. The number of aliphatic hydroxyl groups excluding tert-OH is 1. The Morgan fingerprint density at radius 3 is 2.50 bits per heavy atom. The summed E-state index contributed by atoms with van der Waals surface area (Å²) in [5.74, 6) is 0. The molecule has 1 aliphatic rings. The molecule has 0 radical (unpaired) electrons. The molecule has 2 aromatic rings. The molecule has 3 heteroatoms. The first-order valence-corrected chi connectivity index (χ1v) is 8.02. The van der Waals surface area contributed by atoms with Gasteiger partial charge >= 0.3 is 0 Å². The highest BCUT2D eigenvalue weighted by molar-refractivity contribution is 5.26. The second kappa shape index (κ2) is 6.59. The highest BCUT2D eigenvalue weighted by Gasteiger charge is 2.35. The molecular weight excluding hydrogens is 272 g/mol. The van der Waals surface area contributed by atoms with Crippen molar-refractivity contribution in [3.63, 3.8) is 0 Å². The number of benzene rings is 1. The highest BCUT2D eigenvalue weighted by atomic mass is 16.3. The van der Waals surface area contributed by atoms with Crippen LogP contribution in [0, 0.1) is 6.92 Å². The number of hydrogen-bond acceptors (Lipinski definition) is 3. The first-order valence-electron chi connectivity index (χ1n) is 8.02. The minimum Gasteiger partial charge on any atom is -0.395 e. The van der Waals surface area contributed by atoms with E-state index in [9.17, 15) is 5.11 Å². The van der Waals surface area contributed by atoms with Gasteiger partial charge in [-0.2, -0.15) is 0 Å². The van der Waals surface area contributed by atoms with E-state index in [1.807, 2.05) is 19.2 Å². The third kappa shape index (κ3) is 3.21. The Bertz CT molecular complexity index is 604. The average Bonchev–Trinajstić information content (AvgIpc) is 2.57. The maximum Gasteiger partial charge on any atom is 0.0528 e. The maximum atomic E-state index is 9.98. The SMILES string of the molecule is Cc1cc(CN2CCC(CO)(c3ccccc3)CC2)ccn1. The number of aryl methyl sites for hydroxylation is 1. The van der Waals surface area contributed by atoms with Gasteiger partial charge in [0.2, 0.25) is 0 Å². The zero-order valence-corrected chi connectivity index (χ0v) is 13.2. The van der Waals surface area contributed by atoms with Crippen LogP contribution in [-0.4, -0.2) is 34.7 Å². The smallest absolute Gasteiger partial charge is 0.0528 e. The van der Waals surface area contributed by atoms with Crippen molar-refractivity contribution >= 4 is 0 Å². The summed E-state index contributed by atoms with van der Waals surface area (Å²) in [6, 6.07) is 14.7. The highest BCUT2D eigenvalue weighted by Crippen LogP contribution is 2.35. The van der Waals surface area contributed by atoms with Crippen molar-refractivity contribution in [2.75, 3.05) is 19.7 Å². The normalized spacial score (nSPS) is 18.3. The van der Waals surface area contributed by atoms with Gasteiger partial charge in [-0.25, -0.2) is 0 Å². The van der Waals surface area contributed by atoms with Gasteiger partial charge in [-0.1, -0.05) is 30.3 Å². The fraction of sp³-hybridized carbons (Fsp3) is 0.421. The van der Waals surface area contributed by atoms with Crippen LogP contribution in [0.25, 0.3) is 0 Å². The molecule has 0 amide bonds. The molecule has 0 unspecified atom stereocenters. The monoisotopic (exact) mass is 296 g/mol. The summed E-state index contributed by atoms with van der Waals surface area (Å²) in [5, 5.41) is 9.98. The lowest BCUT2D eigenvalue weighted by Crippen LogP contribution is -2.44. The molecule has 3 rings (SSSR count). The van der Waals surface area contributed by atoms with Gasteiger partial charge in [-0.05, 0) is 56.1 Å². The minimum absolute atomic E-state index is 0.0636. The molecule has 0 spiro atoms. The molecule has 2 heterocycles. The van der Waals surface area contributed by atoms with Crippen molar-refractivity contribution in [2.24, 2.45) is 0 Å². The Morgan fingerprint density at radius 2 is 1.86 bits per heavy atom. The third-order valence-electron chi connectivity index (χ3n) is 4.87. The standard InChI is InChI=1S/C19H24N2O/c1-16-13-17(7-10-20-16)14-21-11-8-19(15-22,9-12-21)18-5-3-2-4-6-18/h2-7,10,13,22H,8-9,11-12,14-15H2,1H3. The van der Waals surface area contributed by atoms with E-state index in [0.717, 1.165) is 38.2 Å². The van der Waals surface area contributed by atoms with Crippen LogP contribution in [0.5, 0.6) is 0 Å². The van der Waals surface area contributed by atoms with E-state index in [2.05, 4.69) is 46.3 Å². The van der Waals surface area contributed by atoms with E-state index in [1.54, 1.807) is 0 Å². The van der Waals surface area contributed by atoms with Gasteiger partial charge in [0.05, 0.1) is 6.61 Å². The summed E-state index contributed by atoms with van der Waals surface area (Å²) in [7, 11) is 0. The molecule has 0 atom stereocenters. The molecule has 116 valence electrons. The second-order valence-corrected chi connectivity index (χ2v) is 6.39. The van der Waals surface area contributed by atoms with E-state index in [-0.39, 0.29) is 12.0 Å². The Hall–Kier alpha value is -1.71. The predicted molar refractivity (Wildman–Crippen MR) is 88.7 cm³/mol. The number of aliphatic hydroxyl groups is 1. The fourth-order valence-electron chi connectivity index (χ4n) is 3.43. The molecule has 0 bridgehead atoms. The largest absolute Gasteiger partial charge is 0.395 e. The number of rotatable bonds is 4. The van der Waals surface area contributed by atoms with Gasteiger partial charge in [0.1, 0.15) is 0 Å². The van der Waals surface area contributed by atoms with Crippen LogP contribution in [0.15, 0.2) is 48.7 Å². The van der Waals surface area contributed by atoms with Crippen molar-refractivity contribution < 1.29 is 5.11 Å². The molecule has 1 N–H and O–H groups in total. The van der Waals surface area contributed by atoms with Gasteiger partial charge in [0.25, 0.3) is 0 Å². The zero-order valence-electron chi connectivity index (χ0n) is 13.2. The predicted octanol–water partition coefficient (Wildman–Crippen LogP) is 2.92. The van der Waals surface area contributed by atoms with Crippen LogP contribution >= 0.6 is 0 Å². The number of pyridine rings is 1. The summed E-state index contributed by atoms with van der Waals surface area (Å²) in [6.45, 7) is 5.29. The van der Waals surface area contributed by atoms with Crippen molar-refractivity contribution in [3.8, 4) is 0 Å². The van der Waals surface area contributed by atoms with Gasteiger partial charge in [0, 0.05) is 23.9 Å². The average molecular weight is 296 g/mol. The number of aromatic nitrogens is 1. The Morgan fingerprint density at radius 1 is 1.14 bits per heavy atom. The summed E-state index contributed by atoms with van der Waals surface area (Å²) < 4.78 is 0. The van der Waals surface area contributed by atoms with Gasteiger partial charge in [-0.3, -0.25) is 9.88 Å². The Balaban J connectivity index is 1.66. The number of nitrogens with zero attached hydrogens (tertiary/aromatic N) is 2. The van der Waals surface area contributed by atoms with Crippen LogP contribution in [-0.2, 0) is 12.0 Å². The quantitative estimate of drug-likeness (QED) is 0.942. The number of hydrogen-bond donors (Lipinski definition) is 1. The molecule has 22 heavy (non-hydrogen) atoms. The van der Waals surface area contributed by atoms with E-state index >= 15 is 0 Å². The van der Waals surface area contributed by atoms with Crippen molar-refractivity contribution in [3.05, 3.63) is 65.5 Å². The molecule has 1 saturated heterocycles. The fourth-order valence-corrected chi connectivity index (χ4v) is 3.43. The van der Waals surface area contributed by atoms with Gasteiger partial charge in [-0.15, -0.1) is 0 Å². The van der Waals surface area contributed by atoms with Crippen molar-refractivity contribution in [1.29, 1.82) is 0 Å². The zero-order chi connectivity index (χ0) is 15.4. The third-order valence-corrected chi connectivity index (χ3v) is 4.87. The molecule has 1 aromatic heterocycles. The Labute approximate surface area is 132 Å². The lowest BCUT2D eigenvalue weighted by Gasteiger charge is -2.41. The van der Waals surface area contributed by atoms with Crippen LogP contribution in [0.2, 0.25) is 0 Å². The first-order chi connectivity index (χ1) is 10.7. The van der Waals surface area contributed by atoms with Crippen LogP contribution in [0.1, 0.15) is 29.7 Å². The number of piperidine rings is 1. The molecule has 0 aliphatic carbocycles. The lowest BCUT2D eigenvalue weighted by atomic mass is 9.73. The van der Waals surface area contributed by atoms with Crippen LogP contribution in [0.3, 0.4) is 0 Å². The molecule has 0 saturated carbocycles.